The Bertz CT molecular complexity index is 1050. The molecule has 2 aromatic carbocycles. The Hall–Kier alpha value is -2.90. The summed E-state index contributed by atoms with van der Waals surface area (Å²) >= 11 is 0. The van der Waals surface area contributed by atoms with Crippen LogP contribution in [0.15, 0.2) is 48.5 Å². The fourth-order valence-electron chi connectivity index (χ4n) is 5.24. The van der Waals surface area contributed by atoms with Crippen molar-refractivity contribution in [3.63, 3.8) is 0 Å². The van der Waals surface area contributed by atoms with Crippen molar-refractivity contribution in [2.45, 2.75) is 70.6 Å². The van der Waals surface area contributed by atoms with Crippen LogP contribution in [-0.2, 0) is 14.3 Å². The van der Waals surface area contributed by atoms with Crippen LogP contribution in [0.1, 0.15) is 64.0 Å². The van der Waals surface area contributed by atoms with E-state index in [4.69, 9.17) is 15.2 Å². The van der Waals surface area contributed by atoms with Crippen LogP contribution >= 0.6 is 0 Å². The summed E-state index contributed by atoms with van der Waals surface area (Å²) < 4.78 is 11.8. The highest BCUT2D eigenvalue weighted by molar-refractivity contribution is 5.86. The highest BCUT2D eigenvalue weighted by Crippen LogP contribution is 2.44. The standard InChI is InChI=1S/C30H41N3O4/c1-20(2)13-16-37-30(3,4)14-15-32-28(34)27-17-21(31)18-33(27)29(35)36-19-26-24-11-7-5-9-22(24)23-10-6-8-12-25(23)26/h5-12,20-21,26-27H,13-19,31H2,1-4H3,(H,32,34). The van der Waals surface area contributed by atoms with Gasteiger partial charge in [-0.25, -0.2) is 4.79 Å². The fourth-order valence-corrected chi connectivity index (χ4v) is 5.24. The second-order valence-electron chi connectivity index (χ2n) is 11.3. The zero-order valence-corrected chi connectivity index (χ0v) is 22.5. The average Bonchev–Trinajstić information content (AvgIpc) is 3.40. The third kappa shape index (κ3) is 6.51. The quantitative estimate of drug-likeness (QED) is 0.487. The zero-order chi connectivity index (χ0) is 26.6. The number of carbonyl (C=O) groups is 2. The van der Waals surface area contributed by atoms with Gasteiger partial charge in [-0.2, -0.15) is 0 Å². The van der Waals surface area contributed by atoms with Crippen molar-refractivity contribution in [3.05, 3.63) is 59.7 Å². The van der Waals surface area contributed by atoms with Gasteiger partial charge in [0.1, 0.15) is 12.6 Å². The van der Waals surface area contributed by atoms with E-state index in [0.29, 0.717) is 38.5 Å². The number of nitrogens with two attached hydrogens (primary N) is 1. The number of amides is 2. The first-order valence-electron chi connectivity index (χ1n) is 13.4. The highest BCUT2D eigenvalue weighted by Gasteiger charge is 2.40. The van der Waals surface area contributed by atoms with Crippen LogP contribution in [0.4, 0.5) is 4.79 Å². The number of carbonyl (C=O) groups excluding carboxylic acids is 2. The SMILES string of the molecule is CC(C)CCOC(C)(C)CCNC(=O)C1CC(N)CN1C(=O)OCC1c2ccccc2-c2ccccc21. The molecule has 0 aromatic heterocycles. The molecule has 2 unspecified atom stereocenters. The number of hydrogen-bond donors (Lipinski definition) is 2. The minimum absolute atomic E-state index is 0.0298. The molecule has 2 amide bonds. The Morgan fingerprint density at radius 3 is 2.32 bits per heavy atom. The fraction of sp³-hybridized carbons (Fsp3) is 0.533. The molecule has 37 heavy (non-hydrogen) atoms. The Morgan fingerprint density at radius 1 is 1.08 bits per heavy atom. The molecule has 1 aliphatic carbocycles. The van der Waals surface area contributed by atoms with E-state index in [1.165, 1.54) is 16.0 Å². The van der Waals surface area contributed by atoms with Crippen LogP contribution in [0, 0.1) is 5.92 Å². The van der Waals surface area contributed by atoms with Crippen LogP contribution in [0.25, 0.3) is 11.1 Å². The second-order valence-corrected chi connectivity index (χ2v) is 11.3. The minimum atomic E-state index is -0.629. The van der Waals surface area contributed by atoms with Gasteiger partial charge < -0.3 is 20.5 Å². The lowest BCUT2D eigenvalue weighted by atomic mass is 9.98. The van der Waals surface area contributed by atoms with Crippen LogP contribution in [0.3, 0.4) is 0 Å². The van der Waals surface area contributed by atoms with Gasteiger partial charge in [0.05, 0.1) is 5.60 Å². The highest BCUT2D eigenvalue weighted by atomic mass is 16.6. The van der Waals surface area contributed by atoms with Crippen molar-refractivity contribution in [3.8, 4) is 11.1 Å². The molecule has 7 heteroatoms. The van der Waals surface area contributed by atoms with Gasteiger partial charge in [-0.15, -0.1) is 0 Å². The molecule has 2 aromatic rings. The van der Waals surface area contributed by atoms with Crippen molar-refractivity contribution in [2.75, 3.05) is 26.3 Å². The number of fused-ring (bicyclic) bond motifs is 3. The monoisotopic (exact) mass is 507 g/mol. The number of nitrogens with one attached hydrogen (secondary N) is 1. The summed E-state index contributed by atoms with van der Waals surface area (Å²) in [6.07, 6.45) is 1.61. The molecular formula is C30H41N3O4. The van der Waals surface area contributed by atoms with Gasteiger partial charge in [-0.1, -0.05) is 62.4 Å². The van der Waals surface area contributed by atoms with Crippen LogP contribution < -0.4 is 11.1 Å². The van der Waals surface area contributed by atoms with Crippen LogP contribution in [-0.4, -0.2) is 60.9 Å². The molecule has 200 valence electrons. The second kappa shape index (κ2) is 11.7. The molecule has 0 saturated carbocycles. The van der Waals surface area contributed by atoms with Gasteiger partial charge in [0, 0.05) is 31.7 Å². The van der Waals surface area contributed by atoms with E-state index in [9.17, 15) is 9.59 Å². The number of hydrogen-bond acceptors (Lipinski definition) is 5. The summed E-state index contributed by atoms with van der Waals surface area (Å²) in [4.78, 5) is 27.6. The first-order valence-corrected chi connectivity index (χ1v) is 13.4. The van der Waals surface area contributed by atoms with Crippen LogP contribution in [0.2, 0.25) is 0 Å². The Balaban J connectivity index is 1.32. The third-order valence-electron chi connectivity index (χ3n) is 7.42. The van der Waals surface area contributed by atoms with E-state index in [1.54, 1.807) is 0 Å². The summed E-state index contributed by atoms with van der Waals surface area (Å²) in [6.45, 7) is 10.1. The summed E-state index contributed by atoms with van der Waals surface area (Å²) in [5.41, 5.74) is 10.5. The predicted molar refractivity (Wildman–Crippen MR) is 145 cm³/mol. The molecule has 4 rings (SSSR count). The molecule has 3 N–H and O–H groups in total. The minimum Gasteiger partial charge on any atom is -0.448 e. The van der Waals surface area contributed by atoms with Crippen molar-refractivity contribution >= 4 is 12.0 Å². The van der Waals surface area contributed by atoms with E-state index in [0.717, 1.165) is 17.5 Å². The molecule has 0 bridgehead atoms. The number of benzene rings is 2. The third-order valence-corrected chi connectivity index (χ3v) is 7.42. The maximum absolute atomic E-state index is 13.1. The van der Waals surface area contributed by atoms with Gasteiger partial charge in [0.15, 0.2) is 0 Å². The molecule has 1 aliphatic heterocycles. The smallest absolute Gasteiger partial charge is 0.410 e. The lowest BCUT2D eigenvalue weighted by Gasteiger charge is -2.27. The lowest BCUT2D eigenvalue weighted by Crippen LogP contribution is -2.47. The van der Waals surface area contributed by atoms with Crippen LogP contribution in [0.5, 0.6) is 0 Å². The Morgan fingerprint density at radius 2 is 1.70 bits per heavy atom. The molecule has 0 spiro atoms. The normalized spacial score (nSPS) is 19.1. The molecule has 1 saturated heterocycles. The maximum atomic E-state index is 13.1. The average molecular weight is 508 g/mol. The summed E-state index contributed by atoms with van der Waals surface area (Å²) in [5, 5.41) is 2.98. The Labute approximate surface area is 220 Å². The maximum Gasteiger partial charge on any atom is 0.410 e. The van der Waals surface area contributed by atoms with Gasteiger partial charge in [-0.3, -0.25) is 9.69 Å². The molecule has 1 heterocycles. The summed E-state index contributed by atoms with van der Waals surface area (Å²) in [6, 6.07) is 15.6. The van der Waals surface area contributed by atoms with Crippen molar-refractivity contribution in [2.24, 2.45) is 11.7 Å². The topological polar surface area (TPSA) is 93.9 Å². The van der Waals surface area contributed by atoms with Crippen molar-refractivity contribution < 1.29 is 19.1 Å². The van der Waals surface area contributed by atoms with E-state index < -0.39 is 12.1 Å². The number of nitrogens with zero attached hydrogens (tertiary/aromatic N) is 1. The molecular weight excluding hydrogens is 466 g/mol. The Kier molecular flexibility index (Phi) is 8.55. The first kappa shape index (κ1) is 27.1. The predicted octanol–water partition coefficient (Wildman–Crippen LogP) is 4.68. The van der Waals surface area contributed by atoms with E-state index >= 15 is 0 Å². The van der Waals surface area contributed by atoms with Gasteiger partial charge in [0.2, 0.25) is 5.91 Å². The van der Waals surface area contributed by atoms with Crippen molar-refractivity contribution in [1.29, 1.82) is 0 Å². The molecule has 7 nitrogen and oxygen atoms in total. The number of rotatable bonds is 10. The molecule has 2 atom stereocenters. The summed E-state index contributed by atoms with van der Waals surface area (Å²) in [5.74, 6) is 0.364. The van der Waals surface area contributed by atoms with E-state index in [2.05, 4.69) is 43.4 Å². The molecule has 0 radical (unpaired) electrons. The number of ether oxygens (including phenoxy) is 2. The zero-order valence-electron chi connectivity index (χ0n) is 22.5. The van der Waals surface area contributed by atoms with Gasteiger partial charge in [-0.05, 0) is 61.3 Å². The molecule has 1 fully saturated rings. The van der Waals surface area contributed by atoms with Gasteiger partial charge in [0.25, 0.3) is 0 Å². The lowest BCUT2D eigenvalue weighted by molar-refractivity contribution is -0.125. The summed E-state index contributed by atoms with van der Waals surface area (Å²) in [7, 11) is 0. The van der Waals surface area contributed by atoms with E-state index in [-0.39, 0.29) is 30.1 Å². The molecule has 2 aliphatic rings. The van der Waals surface area contributed by atoms with Gasteiger partial charge >= 0.3 is 6.09 Å². The number of likely N-dealkylation sites (tertiary alicyclic amines) is 1. The van der Waals surface area contributed by atoms with E-state index in [1.807, 2.05) is 38.1 Å². The van der Waals surface area contributed by atoms with Crippen molar-refractivity contribution in [1.82, 2.24) is 10.2 Å². The largest absolute Gasteiger partial charge is 0.448 e. The first-order chi connectivity index (χ1) is 17.7.